The van der Waals surface area contributed by atoms with E-state index in [0.717, 1.165) is 0 Å². The average molecular weight is 239 g/mol. The lowest BCUT2D eigenvalue weighted by Crippen LogP contribution is -2.08. The third-order valence-electron chi connectivity index (χ3n) is 2.49. The molecule has 1 aromatic rings. The molecule has 0 aliphatic carbocycles. The summed E-state index contributed by atoms with van der Waals surface area (Å²) in [5, 5.41) is 11.0. The van der Waals surface area contributed by atoms with E-state index in [1.807, 2.05) is 0 Å². The molecule has 0 saturated heterocycles. The van der Waals surface area contributed by atoms with Gasteiger partial charge in [0.1, 0.15) is 0 Å². The van der Waals surface area contributed by atoms with Crippen LogP contribution in [0.1, 0.15) is 21.5 Å². The van der Waals surface area contributed by atoms with E-state index in [9.17, 15) is 14.9 Å². The highest BCUT2D eigenvalue weighted by Gasteiger charge is 2.26. The number of carbonyl (C=O) groups is 1. The molecule has 0 heterocycles. The van der Waals surface area contributed by atoms with Gasteiger partial charge in [0.25, 0.3) is 0 Å². The van der Waals surface area contributed by atoms with E-state index in [2.05, 4.69) is 4.74 Å². The summed E-state index contributed by atoms with van der Waals surface area (Å²) in [6.45, 7) is 3.13. The highest BCUT2D eigenvalue weighted by Crippen LogP contribution is 2.36. The van der Waals surface area contributed by atoms with Gasteiger partial charge in [0.05, 0.1) is 24.7 Å². The standard InChI is InChI=1S/C11H13NO5/c1-6-5-8(11(13)17-4)7(2)9(12(14)15)10(6)16-3/h5H,1-4H3. The Morgan fingerprint density at radius 2 is 1.94 bits per heavy atom. The van der Waals surface area contributed by atoms with Gasteiger partial charge >= 0.3 is 11.7 Å². The number of nitrogens with zero attached hydrogens (tertiary/aromatic N) is 1. The van der Waals surface area contributed by atoms with Crippen LogP contribution in [0.4, 0.5) is 5.69 Å². The van der Waals surface area contributed by atoms with Crippen molar-refractivity contribution in [1.82, 2.24) is 0 Å². The molecule has 1 rings (SSSR count). The Kier molecular flexibility index (Phi) is 3.67. The molecule has 0 radical (unpaired) electrons. The normalized spacial score (nSPS) is 9.88. The fourth-order valence-electron chi connectivity index (χ4n) is 1.67. The number of hydrogen-bond acceptors (Lipinski definition) is 5. The Balaban J connectivity index is 3.60. The van der Waals surface area contributed by atoms with Gasteiger partial charge in [0, 0.05) is 5.56 Å². The van der Waals surface area contributed by atoms with Crippen LogP contribution in [-0.2, 0) is 4.74 Å². The first-order valence-electron chi connectivity index (χ1n) is 4.84. The van der Waals surface area contributed by atoms with Crippen LogP contribution in [0.25, 0.3) is 0 Å². The van der Waals surface area contributed by atoms with Crippen molar-refractivity contribution >= 4 is 11.7 Å². The van der Waals surface area contributed by atoms with E-state index in [1.165, 1.54) is 27.2 Å². The topological polar surface area (TPSA) is 78.7 Å². The first-order chi connectivity index (χ1) is 7.93. The molecule has 0 atom stereocenters. The van der Waals surface area contributed by atoms with Crippen LogP contribution in [0.5, 0.6) is 5.75 Å². The lowest BCUT2D eigenvalue weighted by atomic mass is 10.0. The van der Waals surface area contributed by atoms with Crippen molar-refractivity contribution in [3.63, 3.8) is 0 Å². The molecule has 0 spiro atoms. The van der Waals surface area contributed by atoms with E-state index >= 15 is 0 Å². The minimum Gasteiger partial charge on any atom is -0.490 e. The summed E-state index contributed by atoms with van der Waals surface area (Å²) in [7, 11) is 2.58. The molecule has 0 fully saturated rings. The molecule has 0 amide bonds. The lowest BCUT2D eigenvalue weighted by Gasteiger charge is -2.11. The zero-order chi connectivity index (χ0) is 13.2. The van der Waals surface area contributed by atoms with Gasteiger partial charge in [-0.05, 0) is 25.5 Å². The van der Waals surface area contributed by atoms with Gasteiger partial charge in [-0.15, -0.1) is 0 Å². The van der Waals surface area contributed by atoms with Crippen molar-refractivity contribution in [3.8, 4) is 5.75 Å². The maximum Gasteiger partial charge on any atom is 0.338 e. The second-order valence-electron chi connectivity index (χ2n) is 3.50. The van der Waals surface area contributed by atoms with Gasteiger partial charge in [0.2, 0.25) is 0 Å². The SMILES string of the molecule is COC(=O)c1cc(C)c(OC)c([N+](=O)[O-])c1C. The largest absolute Gasteiger partial charge is 0.490 e. The van der Waals surface area contributed by atoms with E-state index in [4.69, 9.17) is 4.74 Å². The van der Waals surface area contributed by atoms with E-state index in [1.54, 1.807) is 6.92 Å². The summed E-state index contributed by atoms with van der Waals surface area (Å²) in [6, 6.07) is 1.52. The predicted molar refractivity (Wildman–Crippen MR) is 60.5 cm³/mol. The first kappa shape index (κ1) is 13.0. The number of nitro benzene ring substituents is 1. The van der Waals surface area contributed by atoms with Gasteiger partial charge in [-0.1, -0.05) is 0 Å². The molecule has 0 bridgehead atoms. The van der Waals surface area contributed by atoms with Crippen LogP contribution in [0.3, 0.4) is 0 Å². The molecule has 1 aromatic carbocycles. The summed E-state index contributed by atoms with van der Waals surface area (Å²) >= 11 is 0. The Labute approximate surface area is 98.3 Å². The number of esters is 1. The summed E-state index contributed by atoms with van der Waals surface area (Å²) in [5.74, 6) is -0.434. The molecular weight excluding hydrogens is 226 g/mol. The number of methoxy groups -OCH3 is 2. The molecule has 6 heteroatoms. The van der Waals surface area contributed by atoms with Crippen molar-refractivity contribution in [3.05, 3.63) is 32.9 Å². The highest BCUT2D eigenvalue weighted by atomic mass is 16.6. The Morgan fingerprint density at radius 3 is 2.35 bits per heavy atom. The van der Waals surface area contributed by atoms with Gasteiger partial charge in [-0.2, -0.15) is 0 Å². The zero-order valence-electron chi connectivity index (χ0n) is 10.1. The van der Waals surface area contributed by atoms with E-state index in [0.29, 0.717) is 5.56 Å². The van der Waals surface area contributed by atoms with E-state index in [-0.39, 0.29) is 22.6 Å². The average Bonchev–Trinajstić information content (AvgIpc) is 2.29. The molecule has 6 nitrogen and oxygen atoms in total. The molecular formula is C11H13NO5. The predicted octanol–water partition coefficient (Wildman–Crippen LogP) is 2.01. The number of aryl methyl sites for hydroxylation is 1. The van der Waals surface area contributed by atoms with Crippen molar-refractivity contribution in [2.45, 2.75) is 13.8 Å². The maximum absolute atomic E-state index is 11.5. The number of ether oxygens (including phenoxy) is 2. The van der Waals surface area contributed by atoms with Crippen LogP contribution in [0.2, 0.25) is 0 Å². The first-order valence-corrected chi connectivity index (χ1v) is 4.84. The third kappa shape index (κ3) is 2.20. The summed E-state index contributed by atoms with van der Waals surface area (Å²) in [6.07, 6.45) is 0. The molecule has 17 heavy (non-hydrogen) atoms. The smallest absolute Gasteiger partial charge is 0.338 e. The highest BCUT2D eigenvalue weighted by molar-refractivity contribution is 5.93. The number of rotatable bonds is 3. The fraction of sp³-hybridized carbons (Fsp3) is 0.364. The Bertz CT molecular complexity index is 481. The van der Waals surface area contributed by atoms with Gasteiger partial charge in [0.15, 0.2) is 5.75 Å². The summed E-state index contributed by atoms with van der Waals surface area (Å²) in [5.41, 5.74) is 0.736. The quantitative estimate of drug-likeness (QED) is 0.458. The minimum atomic E-state index is -0.601. The Morgan fingerprint density at radius 1 is 1.35 bits per heavy atom. The van der Waals surface area contributed by atoms with Crippen molar-refractivity contribution in [2.75, 3.05) is 14.2 Å². The molecule has 0 aliphatic heterocycles. The molecule has 0 N–H and O–H groups in total. The molecule has 92 valence electrons. The molecule has 0 unspecified atom stereocenters. The van der Waals surface area contributed by atoms with Crippen LogP contribution in [0.15, 0.2) is 6.07 Å². The maximum atomic E-state index is 11.5. The molecule has 0 aromatic heterocycles. The van der Waals surface area contributed by atoms with Crippen molar-refractivity contribution in [2.24, 2.45) is 0 Å². The van der Waals surface area contributed by atoms with Gasteiger partial charge in [-0.3, -0.25) is 10.1 Å². The fourth-order valence-corrected chi connectivity index (χ4v) is 1.67. The summed E-state index contributed by atoms with van der Waals surface area (Å²) in [4.78, 5) is 21.9. The second kappa shape index (κ2) is 4.82. The van der Waals surface area contributed by atoms with Gasteiger partial charge in [-0.25, -0.2) is 4.79 Å². The van der Waals surface area contributed by atoms with Crippen LogP contribution in [-0.4, -0.2) is 25.1 Å². The monoisotopic (exact) mass is 239 g/mol. The number of carbonyl (C=O) groups excluding carboxylic acids is 1. The molecule has 0 aliphatic rings. The van der Waals surface area contributed by atoms with Crippen molar-refractivity contribution < 1.29 is 19.2 Å². The van der Waals surface area contributed by atoms with Crippen LogP contribution in [0, 0.1) is 24.0 Å². The number of nitro groups is 1. The van der Waals surface area contributed by atoms with Crippen molar-refractivity contribution in [1.29, 1.82) is 0 Å². The third-order valence-corrected chi connectivity index (χ3v) is 2.49. The number of benzene rings is 1. The number of hydrogen-bond donors (Lipinski definition) is 0. The van der Waals surface area contributed by atoms with Crippen LogP contribution < -0.4 is 4.74 Å². The summed E-state index contributed by atoms with van der Waals surface area (Å²) < 4.78 is 9.57. The zero-order valence-corrected chi connectivity index (χ0v) is 10.1. The second-order valence-corrected chi connectivity index (χ2v) is 3.50. The Hall–Kier alpha value is -2.11. The van der Waals surface area contributed by atoms with E-state index < -0.39 is 10.9 Å². The minimum absolute atomic E-state index is 0.167. The molecule has 0 saturated carbocycles. The van der Waals surface area contributed by atoms with Crippen LogP contribution >= 0.6 is 0 Å². The van der Waals surface area contributed by atoms with Gasteiger partial charge < -0.3 is 9.47 Å². The lowest BCUT2D eigenvalue weighted by molar-refractivity contribution is -0.386.